The van der Waals surface area contributed by atoms with E-state index in [0.29, 0.717) is 16.5 Å². The monoisotopic (exact) mass is 254 g/mol. The van der Waals surface area contributed by atoms with E-state index in [-0.39, 0.29) is 11.3 Å². The van der Waals surface area contributed by atoms with E-state index in [0.717, 1.165) is 0 Å². The summed E-state index contributed by atoms with van der Waals surface area (Å²) in [4.78, 5) is 38.6. The van der Waals surface area contributed by atoms with Gasteiger partial charge >= 0.3 is 5.97 Å². The van der Waals surface area contributed by atoms with Crippen LogP contribution in [0.25, 0.3) is 10.8 Å². The fraction of sp³-hybridized carbons (Fsp3) is 0. The Labute approximate surface area is 106 Å². The van der Waals surface area contributed by atoms with E-state index in [2.05, 4.69) is 9.98 Å². The van der Waals surface area contributed by atoms with Crippen molar-refractivity contribution < 1.29 is 19.5 Å². The largest absolute Gasteiger partial charge is 0.478 e. The lowest BCUT2D eigenvalue weighted by Gasteiger charge is -2.05. The molecule has 0 saturated heterocycles. The number of carbonyl (C=O) groups excluding carboxylic acids is 2. The average Bonchev–Trinajstić information content (AvgIpc) is 2.39. The molecular formula is C13H6N2O4. The van der Waals surface area contributed by atoms with Crippen LogP contribution in [0.1, 0.15) is 10.4 Å². The minimum atomic E-state index is -1.21. The number of nitrogens with zero attached hydrogens (tertiary/aromatic N) is 2. The maximum atomic E-state index is 11.1. The van der Waals surface area contributed by atoms with Gasteiger partial charge in [0.05, 0.1) is 16.9 Å². The molecular weight excluding hydrogens is 248 g/mol. The maximum Gasteiger partial charge on any atom is 0.337 e. The van der Waals surface area contributed by atoms with Crippen LogP contribution in [0.3, 0.4) is 0 Å². The summed E-state index contributed by atoms with van der Waals surface area (Å²) in [5.41, 5.74) is 0.165. The number of aliphatic imine (C=N–C) groups is 2. The van der Waals surface area contributed by atoms with E-state index in [1.807, 2.05) is 0 Å². The van der Waals surface area contributed by atoms with Crippen molar-refractivity contribution in [3.63, 3.8) is 0 Å². The number of carbonyl (C=O) groups is 1. The average molecular weight is 254 g/mol. The third kappa shape index (κ3) is 2.30. The zero-order chi connectivity index (χ0) is 13.8. The van der Waals surface area contributed by atoms with Gasteiger partial charge in [0, 0.05) is 5.39 Å². The first-order chi connectivity index (χ1) is 9.17. The Hall–Kier alpha value is -3.07. The molecule has 6 heteroatoms. The van der Waals surface area contributed by atoms with Gasteiger partial charge in [0.1, 0.15) is 0 Å². The van der Waals surface area contributed by atoms with Crippen LogP contribution in [0.4, 0.5) is 11.4 Å². The highest BCUT2D eigenvalue weighted by molar-refractivity contribution is 6.03. The predicted molar refractivity (Wildman–Crippen MR) is 66.5 cm³/mol. The van der Waals surface area contributed by atoms with Crippen LogP contribution in [0, 0.1) is 0 Å². The SMILES string of the molecule is O=C=Nc1cc2c(N=C=O)cccc2cc1C(=O)O. The second kappa shape index (κ2) is 5.06. The molecule has 0 atom stereocenters. The highest BCUT2D eigenvalue weighted by Gasteiger charge is 2.12. The van der Waals surface area contributed by atoms with Crippen LogP contribution < -0.4 is 0 Å². The molecule has 0 aliphatic heterocycles. The predicted octanol–water partition coefficient (Wildman–Crippen LogP) is 2.47. The van der Waals surface area contributed by atoms with Gasteiger partial charge in [0.25, 0.3) is 0 Å². The molecule has 0 fully saturated rings. The second-order valence-corrected chi connectivity index (χ2v) is 3.58. The second-order valence-electron chi connectivity index (χ2n) is 3.58. The van der Waals surface area contributed by atoms with Crippen molar-refractivity contribution in [1.29, 1.82) is 0 Å². The summed E-state index contributed by atoms with van der Waals surface area (Å²) in [6, 6.07) is 7.60. The first-order valence-electron chi connectivity index (χ1n) is 5.13. The summed E-state index contributed by atoms with van der Waals surface area (Å²) < 4.78 is 0. The molecule has 0 amide bonds. The molecule has 0 aliphatic carbocycles. The number of carboxylic acids is 1. The number of hydrogen-bond acceptors (Lipinski definition) is 5. The molecule has 2 rings (SSSR count). The standard InChI is InChI=1S/C13H6N2O4/c16-6-14-11-3-1-2-8-4-10(13(18)19)12(15-7-17)5-9(8)11/h1-5H,(H,18,19). The normalized spacial score (nSPS) is 9.47. The third-order valence-electron chi connectivity index (χ3n) is 2.54. The first kappa shape index (κ1) is 12.4. The molecule has 0 bridgehead atoms. The molecule has 19 heavy (non-hydrogen) atoms. The lowest BCUT2D eigenvalue weighted by molar-refractivity contribution is 0.0698. The molecule has 0 aromatic heterocycles. The number of carboxylic acid groups (broad SMARTS) is 1. The summed E-state index contributed by atoms with van der Waals surface area (Å²) in [5, 5.41) is 10.1. The minimum Gasteiger partial charge on any atom is -0.478 e. The third-order valence-corrected chi connectivity index (χ3v) is 2.54. The number of isocyanates is 2. The van der Waals surface area contributed by atoms with Gasteiger partial charge < -0.3 is 5.11 Å². The van der Waals surface area contributed by atoms with E-state index in [1.54, 1.807) is 18.2 Å². The summed E-state index contributed by atoms with van der Waals surface area (Å²) in [5.74, 6) is -1.21. The van der Waals surface area contributed by atoms with Gasteiger partial charge in [-0.2, -0.15) is 9.98 Å². The molecule has 6 nitrogen and oxygen atoms in total. The van der Waals surface area contributed by atoms with Crippen LogP contribution >= 0.6 is 0 Å². The Balaban J connectivity index is 2.88. The smallest absolute Gasteiger partial charge is 0.337 e. The van der Waals surface area contributed by atoms with E-state index < -0.39 is 5.97 Å². The molecule has 0 radical (unpaired) electrons. The molecule has 2 aromatic carbocycles. The number of rotatable bonds is 3. The topological polar surface area (TPSA) is 96.2 Å². The van der Waals surface area contributed by atoms with Crippen molar-refractivity contribution in [3.05, 3.63) is 35.9 Å². The summed E-state index contributed by atoms with van der Waals surface area (Å²) in [7, 11) is 0. The van der Waals surface area contributed by atoms with E-state index in [9.17, 15) is 14.4 Å². The van der Waals surface area contributed by atoms with Crippen LogP contribution in [0.15, 0.2) is 40.3 Å². The Morgan fingerprint density at radius 1 is 1.05 bits per heavy atom. The Morgan fingerprint density at radius 2 is 1.74 bits per heavy atom. The number of hydrogen-bond donors (Lipinski definition) is 1. The zero-order valence-electron chi connectivity index (χ0n) is 9.45. The van der Waals surface area contributed by atoms with E-state index >= 15 is 0 Å². The fourth-order valence-electron chi connectivity index (χ4n) is 1.76. The van der Waals surface area contributed by atoms with Gasteiger partial charge in [-0.15, -0.1) is 0 Å². The van der Waals surface area contributed by atoms with E-state index in [4.69, 9.17) is 5.11 Å². The Bertz CT molecular complexity index is 770. The van der Waals surface area contributed by atoms with Gasteiger partial charge in [0.15, 0.2) is 0 Å². The fourth-order valence-corrected chi connectivity index (χ4v) is 1.76. The van der Waals surface area contributed by atoms with Crippen molar-refractivity contribution in [2.75, 3.05) is 0 Å². The molecule has 1 N–H and O–H groups in total. The van der Waals surface area contributed by atoms with Crippen molar-refractivity contribution in [1.82, 2.24) is 0 Å². The van der Waals surface area contributed by atoms with Crippen molar-refractivity contribution >= 4 is 40.3 Å². The van der Waals surface area contributed by atoms with Gasteiger partial charge in [-0.25, -0.2) is 14.4 Å². The lowest BCUT2D eigenvalue weighted by atomic mass is 10.0. The lowest BCUT2D eigenvalue weighted by Crippen LogP contribution is -1.96. The van der Waals surface area contributed by atoms with Gasteiger partial charge in [0.2, 0.25) is 12.2 Å². The molecule has 0 spiro atoms. The number of fused-ring (bicyclic) bond motifs is 1. The van der Waals surface area contributed by atoms with E-state index in [1.165, 1.54) is 24.3 Å². The van der Waals surface area contributed by atoms with Gasteiger partial charge in [-0.05, 0) is 23.6 Å². The first-order valence-corrected chi connectivity index (χ1v) is 5.13. The van der Waals surface area contributed by atoms with Gasteiger partial charge in [-0.1, -0.05) is 12.1 Å². The quantitative estimate of drug-likeness (QED) is 0.672. The highest BCUT2D eigenvalue weighted by atomic mass is 16.4. The molecule has 0 unspecified atom stereocenters. The number of aromatic carboxylic acids is 1. The molecule has 0 heterocycles. The van der Waals surface area contributed by atoms with Crippen molar-refractivity contribution in [3.8, 4) is 0 Å². The van der Waals surface area contributed by atoms with Crippen molar-refractivity contribution in [2.45, 2.75) is 0 Å². The Kier molecular flexibility index (Phi) is 3.30. The maximum absolute atomic E-state index is 11.1. The number of benzene rings is 2. The summed E-state index contributed by atoms with van der Waals surface area (Å²) >= 11 is 0. The molecule has 0 saturated carbocycles. The minimum absolute atomic E-state index is 0.0384. The molecule has 92 valence electrons. The zero-order valence-corrected chi connectivity index (χ0v) is 9.45. The van der Waals surface area contributed by atoms with Crippen molar-refractivity contribution in [2.24, 2.45) is 9.98 Å². The van der Waals surface area contributed by atoms with Crippen LogP contribution in [0.5, 0.6) is 0 Å². The Morgan fingerprint density at radius 3 is 2.37 bits per heavy atom. The van der Waals surface area contributed by atoms with Crippen LogP contribution in [-0.4, -0.2) is 23.2 Å². The molecule has 0 aliphatic rings. The summed E-state index contributed by atoms with van der Waals surface area (Å²) in [6.45, 7) is 0. The van der Waals surface area contributed by atoms with Crippen LogP contribution in [-0.2, 0) is 9.59 Å². The van der Waals surface area contributed by atoms with Crippen LogP contribution in [0.2, 0.25) is 0 Å². The molecule has 2 aromatic rings. The highest BCUT2D eigenvalue weighted by Crippen LogP contribution is 2.32. The van der Waals surface area contributed by atoms with Gasteiger partial charge in [-0.3, -0.25) is 0 Å². The summed E-state index contributed by atoms with van der Waals surface area (Å²) in [6.07, 6.45) is 2.71.